The smallest absolute Gasteiger partial charge is 0.255 e. The summed E-state index contributed by atoms with van der Waals surface area (Å²) in [5.74, 6) is 0.806. The number of amides is 3. The third kappa shape index (κ3) is 4.20. The maximum absolute atomic E-state index is 13.2. The average molecular weight is 464 g/mol. The molecule has 178 valence electrons. The minimum Gasteiger partial charge on any atom is -0.497 e. The molecule has 0 bridgehead atoms. The van der Waals surface area contributed by atoms with Gasteiger partial charge < -0.3 is 24.6 Å². The van der Waals surface area contributed by atoms with Crippen molar-refractivity contribution in [3.05, 3.63) is 59.2 Å². The number of nitrogens with zero attached hydrogens (tertiary/aromatic N) is 2. The van der Waals surface area contributed by atoms with Gasteiger partial charge in [-0.25, -0.2) is 0 Å². The van der Waals surface area contributed by atoms with Crippen LogP contribution in [0.15, 0.2) is 42.5 Å². The summed E-state index contributed by atoms with van der Waals surface area (Å²) < 4.78 is 10.8. The standard InChI is InChI=1S/C26H29N3O5/c1-33-19-11-12-22(34-2)16(13-19)15-28(17-7-8-17)23(30)14-27-25(31)24-20-5-3-4-6-21(20)26(32)29(24)18-9-10-18/h3-6,11-13,17-18,24H,7-10,14-15H2,1-2H3,(H,27,31). The highest BCUT2D eigenvalue weighted by molar-refractivity contribution is 6.05. The van der Waals surface area contributed by atoms with Crippen LogP contribution in [0.5, 0.6) is 11.5 Å². The van der Waals surface area contributed by atoms with E-state index in [0.717, 1.165) is 31.2 Å². The van der Waals surface area contributed by atoms with Gasteiger partial charge in [-0.15, -0.1) is 0 Å². The van der Waals surface area contributed by atoms with Crippen LogP contribution in [0.2, 0.25) is 0 Å². The van der Waals surface area contributed by atoms with Crippen LogP contribution in [-0.4, -0.2) is 60.4 Å². The van der Waals surface area contributed by atoms with Crippen molar-refractivity contribution in [3.8, 4) is 11.5 Å². The summed E-state index contributed by atoms with van der Waals surface area (Å²) in [6.45, 7) is 0.256. The molecule has 1 N–H and O–H groups in total. The van der Waals surface area contributed by atoms with Crippen molar-refractivity contribution >= 4 is 17.7 Å². The van der Waals surface area contributed by atoms with Gasteiger partial charge in [0.05, 0.1) is 20.8 Å². The van der Waals surface area contributed by atoms with E-state index in [-0.39, 0.29) is 36.3 Å². The monoisotopic (exact) mass is 463 g/mol. The molecule has 3 aliphatic rings. The van der Waals surface area contributed by atoms with Gasteiger partial charge in [0.25, 0.3) is 5.91 Å². The summed E-state index contributed by atoms with van der Waals surface area (Å²) in [5, 5.41) is 2.82. The number of carbonyl (C=O) groups excluding carboxylic acids is 3. The molecular weight excluding hydrogens is 434 g/mol. The Balaban J connectivity index is 1.29. The maximum Gasteiger partial charge on any atom is 0.255 e. The highest BCUT2D eigenvalue weighted by Crippen LogP contribution is 2.42. The first kappa shape index (κ1) is 22.3. The Hall–Kier alpha value is -3.55. The van der Waals surface area contributed by atoms with Crippen molar-refractivity contribution in [2.45, 2.75) is 50.4 Å². The Kier molecular flexibility index (Phi) is 5.89. The second kappa shape index (κ2) is 9.00. The molecule has 8 nitrogen and oxygen atoms in total. The Morgan fingerprint density at radius 3 is 2.50 bits per heavy atom. The summed E-state index contributed by atoms with van der Waals surface area (Å²) in [4.78, 5) is 42.8. The molecule has 1 aliphatic heterocycles. The van der Waals surface area contributed by atoms with Crippen molar-refractivity contribution in [2.75, 3.05) is 20.8 Å². The lowest BCUT2D eigenvalue weighted by molar-refractivity contribution is -0.135. The number of ether oxygens (including phenoxy) is 2. The summed E-state index contributed by atoms with van der Waals surface area (Å²) in [7, 11) is 3.20. The van der Waals surface area contributed by atoms with Gasteiger partial charge in [-0.2, -0.15) is 0 Å². The normalized spacial score (nSPS) is 18.9. The zero-order valence-corrected chi connectivity index (χ0v) is 19.5. The van der Waals surface area contributed by atoms with Crippen LogP contribution in [0, 0.1) is 0 Å². The number of fused-ring (bicyclic) bond motifs is 1. The van der Waals surface area contributed by atoms with Crippen molar-refractivity contribution in [2.24, 2.45) is 0 Å². The average Bonchev–Trinajstić information content (AvgIpc) is 3.79. The van der Waals surface area contributed by atoms with Crippen LogP contribution in [0.3, 0.4) is 0 Å². The number of benzene rings is 2. The van der Waals surface area contributed by atoms with Gasteiger partial charge >= 0.3 is 0 Å². The van der Waals surface area contributed by atoms with Crippen molar-refractivity contribution in [3.63, 3.8) is 0 Å². The van der Waals surface area contributed by atoms with Gasteiger partial charge in [0.15, 0.2) is 0 Å². The molecule has 2 aromatic rings. The highest BCUT2D eigenvalue weighted by atomic mass is 16.5. The molecule has 1 atom stereocenters. The van der Waals surface area contributed by atoms with Crippen LogP contribution < -0.4 is 14.8 Å². The molecule has 0 radical (unpaired) electrons. The SMILES string of the molecule is COc1ccc(OC)c(CN(C(=O)CNC(=O)C2c3ccccc3C(=O)N2C2CC2)C2CC2)c1. The van der Waals surface area contributed by atoms with Gasteiger partial charge in [-0.05, 0) is 55.5 Å². The van der Waals surface area contributed by atoms with E-state index in [1.54, 1.807) is 30.1 Å². The fraction of sp³-hybridized carbons (Fsp3) is 0.423. The zero-order chi connectivity index (χ0) is 23.8. The number of hydrogen-bond donors (Lipinski definition) is 1. The van der Waals surface area contributed by atoms with Crippen LogP contribution in [0.1, 0.15) is 53.2 Å². The first-order chi connectivity index (χ1) is 16.5. The molecule has 0 aromatic heterocycles. The van der Waals surface area contributed by atoms with Crippen LogP contribution in [0.4, 0.5) is 0 Å². The Labute approximate surface area is 198 Å². The second-order valence-electron chi connectivity index (χ2n) is 9.08. The predicted octanol–water partition coefficient (Wildman–Crippen LogP) is 2.67. The number of methoxy groups -OCH3 is 2. The zero-order valence-electron chi connectivity index (χ0n) is 19.5. The Bertz CT molecular complexity index is 1130. The van der Waals surface area contributed by atoms with Crippen LogP contribution in [-0.2, 0) is 16.1 Å². The van der Waals surface area contributed by atoms with Gasteiger partial charge in [-0.3, -0.25) is 14.4 Å². The number of nitrogens with one attached hydrogen (secondary N) is 1. The van der Waals surface area contributed by atoms with E-state index in [1.807, 2.05) is 36.4 Å². The first-order valence-corrected chi connectivity index (χ1v) is 11.7. The van der Waals surface area contributed by atoms with Crippen molar-refractivity contribution < 1.29 is 23.9 Å². The third-order valence-electron chi connectivity index (χ3n) is 6.74. The number of carbonyl (C=O) groups is 3. The molecule has 0 saturated heterocycles. The lowest BCUT2D eigenvalue weighted by atomic mass is 10.0. The third-order valence-corrected chi connectivity index (χ3v) is 6.74. The lowest BCUT2D eigenvalue weighted by Gasteiger charge is -2.26. The second-order valence-corrected chi connectivity index (χ2v) is 9.08. The Morgan fingerprint density at radius 2 is 1.82 bits per heavy atom. The summed E-state index contributed by atoms with van der Waals surface area (Å²) >= 11 is 0. The number of rotatable bonds is 9. The Morgan fingerprint density at radius 1 is 1.06 bits per heavy atom. The molecule has 1 unspecified atom stereocenters. The molecule has 2 fully saturated rings. The minimum atomic E-state index is -0.683. The molecule has 8 heteroatoms. The fourth-order valence-electron chi connectivity index (χ4n) is 4.69. The number of hydrogen-bond acceptors (Lipinski definition) is 5. The van der Waals surface area contributed by atoms with E-state index in [2.05, 4.69) is 5.32 Å². The van der Waals surface area contributed by atoms with E-state index in [1.165, 1.54) is 0 Å². The molecule has 34 heavy (non-hydrogen) atoms. The quantitative estimate of drug-likeness (QED) is 0.618. The summed E-state index contributed by atoms with van der Waals surface area (Å²) in [6, 6.07) is 12.3. The minimum absolute atomic E-state index is 0.0924. The fourth-order valence-corrected chi connectivity index (χ4v) is 4.69. The highest BCUT2D eigenvalue weighted by Gasteiger charge is 2.47. The lowest BCUT2D eigenvalue weighted by Crippen LogP contribution is -2.45. The van der Waals surface area contributed by atoms with Crippen molar-refractivity contribution in [1.29, 1.82) is 0 Å². The first-order valence-electron chi connectivity index (χ1n) is 11.7. The van der Waals surface area contributed by atoms with Gasteiger partial charge in [0, 0.05) is 29.8 Å². The van der Waals surface area contributed by atoms with E-state index >= 15 is 0 Å². The summed E-state index contributed by atoms with van der Waals surface area (Å²) in [5.41, 5.74) is 2.14. The molecule has 2 aliphatic carbocycles. The van der Waals surface area contributed by atoms with Crippen molar-refractivity contribution in [1.82, 2.24) is 15.1 Å². The van der Waals surface area contributed by atoms with Gasteiger partial charge in [-0.1, -0.05) is 18.2 Å². The molecule has 5 rings (SSSR count). The van der Waals surface area contributed by atoms with E-state index in [0.29, 0.717) is 29.2 Å². The molecule has 1 heterocycles. The molecule has 2 aromatic carbocycles. The van der Waals surface area contributed by atoms with Crippen LogP contribution >= 0.6 is 0 Å². The molecule has 3 amide bonds. The van der Waals surface area contributed by atoms with E-state index in [9.17, 15) is 14.4 Å². The predicted molar refractivity (Wildman–Crippen MR) is 125 cm³/mol. The summed E-state index contributed by atoms with van der Waals surface area (Å²) in [6.07, 6.45) is 3.68. The largest absolute Gasteiger partial charge is 0.497 e. The van der Waals surface area contributed by atoms with E-state index < -0.39 is 6.04 Å². The van der Waals surface area contributed by atoms with Gasteiger partial charge in [0.1, 0.15) is 17.5 Å². The molecule has 2 saturated carbocycles. The molecule has 0 spiro atoms. The topological polar surface area (TPSA) is 88.2 Å². The van der Waals surface area contributed by atoms with Crippen LogP contribution in [0.25, 0.3) is 0 Å². The van der Waals surface area contributed by atoms with E-state index in [4.69, 9.17) is 9.47 Å². The molecular formula is C26H29N3O5. The maximum atomic E-state index is 13.2. The van der Waals surface area contributed by atoms with Gasteiger partial charge in [0.2, 0.25) is 11.8 Å².